The average Bonchev–Trinajstić information content (AvgIpc) is 2.35. The number of benzene rings is 1. The fourth-order valence-corrected chi connectivity index (χ4v) is 2.29. The second-order valence-electron chi connectivity index (χ2n) is 3.86. The van der Waals surface area contributed by atoms with E-state index in [1.807, 2.05) is 0 Å². The van der Waals surface area contributed by atoms with E-state index < -0.39 is 10.0 Å². The molecule has 0 aliphatic heterocycles. The van der Waals surface area contributed by atoms with E-state index in [4.69, 9.17) is 0 Å². The maximum atomic E-state index is 11.8. The fraction of sp³-hybridized carbons (Fsp3) is 0.250. The van der Waals surface area contributed by atoms with Crippen LogP contribution in [0.2, 0.25) is 0 Å². The third kappa shape index (κ3) is 3.41. The molecule has 1 aromatic carbocycles. The summed E-state index contributed by atoms with van der Waals surface area (Å²) in [5.41, 5.74) is 0.447. The van der Waals surface area contributed by atoms with Crippen LogP contribution in [0.3, 0.4) is 0 Å². The summed E-state index contributed by atoms with van der Waals surface area (Å²) < 4.78 is 25.9. The molecule has 1 rings (SSSR count). The van der Waals surface area contributed by atoms with Gasteiger partial charge in [-0.1, -0.05) is 6.08 Å². The van der Waals surface area contributed by atoms with E-state index >= 15 is 0 Å². The van der Waals surface area contributed by atoms with Gasteiger partial charge in [-0.2, -0.15) is 0 Å². The van der Waals surface area contributed by atoms with Gasteiger partial charge in [0, 0.05) is 26.2 Å². The summed E-state index contributed by atoms with van der Waals surface area (Å²) in [6.07, 6.45) is 1.46. The van der Waals surface area contributed by atoms with Crippen molar-refractivity contribution < 1.29 is 13.2 Å². The van der Waals surface area contributed by atoms with Crippen LogP contribution in [0.5, 0.6) is 0 Å². The maximum Gasteiger partial charge on any atom is 0.253 e. The van der Waals surface area contributed by atoms with Crippen LogP contribution in [0.4, 0.5) is 0 Å². The molecule has 98 valence electrons. The van der Waals surface area contributed by atoms with Crippen molar-refractivity contribution in [2.75, 3.05) is 20.6 Å². The molecule has 0 fully saturated rings. The van der Waals surface area contributed by atoms with Crippen LogP contribution in [0, 0.1) is 0 Å². The van der Waals surface area contributed by atoms with Crippen molar-refractivity contribution in [2.45, 2.75) is 4.90 Å². The minimum Gasteiger partial charge on any atom is -0.345 e. The molecule has 0 radical (unpaired) electrons. The molecule has 6 heteroatoms. The monoisotopic (exact) mass is 268 g/mol. The van der Waals surface area contributed by atoms with Crippen molar-refractivity contribution in [3.05, 3.63) is 42.5 Å². The lowest BCUT2D eigenvalue weighted by atomic mass is 10.2. The highest BCUT2D eigenvalue weighted by Crippen LogP contribution is 2.11. The summed E-state index contributed by atoms with van der Waals surface area (Å²) in [5.74, 6) is -0.169. The van der Waals surface area contributed by atoms with Crippen molar-refractivity contribution in [2.24, 2.45) is 0 Å². The molecular formula is C12H16N2O3S. The first-order chi connectivity index (χ1) is 8.38. The van der Waals surface area contributed by atoms with Gasteiger partial charge in [-0.15, -0.1) is 6.58 Å². The number of nitrogens with one attached hydrogen (secondary N) is 1. The minimum atomic E-state index is -3.53. The molecule has 0 unspecified atom stereocenters. The van der Waals surface area contributed by atoms with Crippen LogP contribution in [0.1, 0.15) is 10.4 Å². The molecule has 0 atom stereocenters. The highest BCUT2D eigenvalue weighted by atomic mass is 32.2. The summed E-state index contributed by atoms with van der Waals surface area (Å²) in [6.45, 7) is 3.60. The van der Waals surface area contributed by atoms with Gasteiger partial charge in [-0.25, -0.2) is 13.1 Å². The molecule has 18 heavy (non-hydrogen) atoms. The Kier molecular flexibility index (Phi) is 4.63. The summed E-state index contributed by atoms with van der Waals surface area (Å²) in [7, 11) is -0.256. The largest absolute Gasteiger partial charge is 0.345 e. The Hall–Kier alpha value is -1.66. The molecule has 0 aliphatic rings. The smallest absolute Gasteiger partial charge is 0.253 e. The number of carbonyl (C=O) groups excluding carboxylic acids is 1. The van der Waals surface area contributed by atoms with Gasteiger partial charge < -0.3 is 4.90 Å². The number of rotatable bonds is 5. The molecule has 0 saturated heterocycles. The second-order valence-corrected chi connectivity index (χ2v) is 5.63. The standard InChI is InChI=1S/C12H16N2O3S/c1-4-9-13-18(16,17)11-7-5-10(6-8-11)12(15)14(2)3/h4-8,13H,1,9H2,2-3H3. The van der Waals surface area contributed by atoms with E-state index in [-0.39, 0.29) is 17.3 Å². The van der Waals surface area contributed by atoms with Gasteiger partial charge in [-0.3, -0.25) is 4.79 Å². The number of amides is 1. The summed E-state index contributed by atoms with van der Waals surface area (Å²) in [5, 5.41) is 0. The zero-order chi connectivity index (χ0) is 13.8. The Morgan fingerprint density at radius 2 is 1.89 bits per heavy atom. The normalized spacial score (nSPS) is 11.0. The Balaban J connectivity index is 2.96. The predicted octanol–water partition coefficient (Wildman–Crippen LogP) is 0.853. The second kappa shape index (κ2) is 5.79. The highest BCUT2D eigenvalue weighted by molar-refractivity contribution is 7.89. The molecule has 1 N–H and O–H groups in total. The van der Waals surface area contributed by atoms with E-state index in [1.54, 1.807) is 14.1 Å². The van der Waals surface area contributed by atoms with Crippen LogP contribution in [-0.4, -0.2) is 39.9 Å². The van der Waals surface area contributed by atoms with Crippen LogP contribution in [0.25, 0.3) is 0 Å². The predicted molar refractivity (Wildman–Crippen MR) is 69.8 cm³/mol. The van der Waals surface area contributed by atoms with Crippen molar-refractivity contribution in [1.82, 2.24) is 9.62 Å². The third-order valence-corrected chi connectivity index (χ3v) is 3.67. The number of nitrogens with zero attached hydrogens (tertiary/aromatic N) is 1. The quantitative estimate of drug-likeness (QED) is 0.805. The molecule has 5 nitrogen and oxygen atoms in total. The molecule has 0 heterocycles. The van der Waals surface area contributed by atoms with Gasteiger partial charge in [0.1, 0.15) is 0 Å². The molecule has 0 saturated carbocycles. The van der Waals surface area contributed by atoms with E-state index in [0.29, 0.717) is 5.56 Å². The molecule has 1 aromatic rings. The minimum absolute atomic E-state index is 0.125. The van der Waals surface area contributed by atoms with E-state index in [2.05, 4.69) is 11.3 Å². The van der Waals surface area contributed by atoms with Crippen LogP contribution < -0.4 is 4.72 Å². The maximum absolute atomic E-state index is 11.8. The molecule has 0 bridgehead atoms. The third-order valence-electron chi connectivity index (χ3n) is 2.24. The Morgan fingerprint density at radius 1 is 1.33 bits per heavy atom. The summed E-state index contributed by atoms with van der Waals surface area (Å²) in [6, 6.07) is 5.79. The Bertz CT molecular complexity index is 533. The lowest BCUT2D eigenvalue weighted by Gasteiger charge is -2.10. The number of sulfonamides is 1. The summed E-state index contributed by atoms with van der Waals surface area (Å²) >= 11 is 0. The first kappa shape index (κ1) is 14.4. The molecular weight excluding hydrogens is 252 g/mol. The van der Waals surface area contributed by atoms with Crippen molar-refractivity contribution in [3.63, 3.8) is 0 Å². The summed E-state index contributed by atoms with van der Waals surface area (Å²) in [4.78, 5) is 13.2. The van der Waals surface area contributed by atoms with E-state index in [0.717, 1.165) is 0 Å². The molecule has 0 aromatic heterocycles. The van der Waals surface area contributed by atoms with Gasteiger partial charge >= 0.3 is 0 Å². The zero-order valence-corrected chi connectivity index (χ0v) is 11.2. The van der Waals surface area contributed by atoms with Crippen LogP contribution in [0.15, 0.2) is 41.8 Å². The molecule has 0 spiro atoms. The first-order valence-electron chi connectivity index (χ1n) is 5.31. The van der Waals surface area contributed by atoms with Crippen molar-refractivity contribution in [3.8, 4) is 0 Å². The highest BCUT2D eigenvalue weighted by Gasteiger charge is 2.14. The molecule has 1 amide bonds. The first-order valence-corrected chi connectivity index (χ1v) is 6.79. The van der Waals surface area contributed by atoms with Crippen molar-refractivity contribution >= 4 is 15.9 Å². The zero-order valence-electron chi connectivity index (χ0n) is 10.4. The lowest BCUT2D eigenvalue weighted by molar-refractivity contribution is 0.0827. The molecule has 0 aliphatic carbocycles. The average molecular weight is 268 g/mol. The number of hydrogen-bond donors (Lipinski definition) is 1. The fourth-order valence-electron chi connectivity index (χ4n) is 1.29. The van der Waals surface area contributed by atoms with E-state index in [9.17, 15) is 13.2 Å². The van der Waals surface area contributed by atoms with E-state index in [1.165, 1.54) is 35.2 Å². The lowest BCUT2D eigenvalue weighted by Crippen LogP contribution is -2.24. The van der Waals surface area contributed by atoms with Gasteiger partial charge in [0.25, 0.3) is 5.91 Å². The number of hydrogen-bond acceptors (Lipinski definition) is 3. The SMILES string of the molecule is C=CCNS(=O)(=O)c1ccc(C(=O)N(C)C)cc1. The van der Waals surface area contributed by atoms with Gasteiger partial charge in [0.15, 0.2) is 0 Å². The van der Waals surface area contributed by atoms with Crippen LogP contribution >= 0.6 is 0 Å². The van der Waals surface area contributed by atoms with Gasteiger partial charge in [-0.05, 0) is 24.3 Å². The van der Waals surface area contributed by atoms with Crippen LogP contribution in [-0.2, 0) is 10.0 Å². The topological polar surface area (TPSA) is 66.5 Å². The number of carbonyl (C=O) groups is 1. The van der Waals surface area contributed by atoms with Gasteiger partial charge in [0.05, 0.1) is 4.90 Å². The Labute approximate surface area is 107 Å². The Morgan fingerprint density at radius 3 is 2.33 bits per heavy atom. The van der Waals surface area contributed by atoms with Crippen molar-refractivity contribution in [1.29, 1.82) is 0 Å². The van der Waals surface area contributed by atoms with Gasteiger partial charge in [0.2, 0.25) is 10.0 Å².